The maximum atomic E-state index is 12.5. The van der Waals surface area contributed by atoms with Gasteiger partial charge in [0.05, 0.1) is 5.69 Å². The number of amides is 2. The molecule has 1 fully saturated rings. The van der Waals surface area contributed by atoms with Crippen LogP contribution in [0.3, 0.4) is 0 Å². The summed E-state index contributed by atoms with van der Waals surface area (Å²) in [6, 6.07) is 5.31. The van der Waals surface area contributed by atoms with Crippen LogP contribution in [0.4, 0.5) is 0 Å². The fourth-order valence-electron chi connectivity index (χ4n) is 2.47. The number of aromatic nitrogens is 1. The smallest absolute Gasteiger partial charge is 0.264 e. The molecule has 2 amide bonds. The van der Waals surface area contributed by atoms with Gasteiger partial charge >= 0.3 is 0 Å². The summed E-state index contributed by atoms with van der Waals surface area (Å²) in [5, 5.41) is 7.58. The van der Waals surface area contributed by atoms with E-state index in [1.165, 1.54) is 11.3 Å². The van der Waals surface area contributed by atoms with Crippen molar-refractivity contribution in [1.29, 1.82) is 0 Å². The third-order valence-electron chi connectivity index (χ3n) is 3.57. The van der Waals surface area contributed by atoms with Gasteiger partial charge in [0.2, 0.25) is 5.91 Å². The van der Waals surface area contributed by atoms with Crippen LogP contribution in [0.25, 0.3) is 5.69 Å². The molecule has 3 rings (SSSR count). The van der Waals surface area contributed by atoms with Crippen molar-refractivity contribution in [3.05, 3.63) is 40.8 Å². The lowest BCUT2D eigenvalue weighted by Gasteiger charge is -2.15. The second-order valence-corrected chi connectivity index (χ2v) is 5.95. The first kappa shape index (κ1) is 13.9. The van der Waals surface area contributed by atoms with E-state index in [1.54, 1.807) is 0 Å². The van der Waals surface area contributed by atoms with Crippen LogP contribution in [0.2, 0.25) is 0 Å². The standard InChI is InChI=1S/C15H17N3O2S/c19-14-11(5-1-2-7-16-14)17-15(20)13-12(6-10-21-13)18-8-3-4-9-18/h3-4,6,8-11H,1-2,5,7H2,(H,16,19)(H,17,20)/t11-/m0/s1. The van der Waals surface area contributed by atoms with E-state index in [-0.39, 0.29) is 11.8 Å². The average Bonchev–Trinajstić information content (AvgIpc) is 3.12. The molecule has 1 aliphatic heterocycles. The number of carbonyl (C=O) groups is 2. The van der Waals surface area contributed by atoms with Gasteiger partial charge in [0.1, 0.15) is 10.9 Å². The van der Waals surface area contributed by atoms with Gasteiger partial charge in [-0.3, -0.25) is 9.59 Å². The fraction of sp³-hybridized carbons (Fsp3) is 0.333. The lowest BCUT2D eigenvalue weighted by Crippen LogP contribution is -2.45. The van der Waals surface area contributed by atoms with Crippen molar-refractivity contribution in [2.75, 3.05) is 6.54 Å². The highest BCUT2D eigenvalue weighted by atomic mass is 32.1. The fourth-order valence-corrected chi connectivity index (χ4v) is 3.26. The van der Waals surface area contributed by atoms with Gasteiger partial charge < -0.3 is 15.2 Å². The summed E-state index contributed by atoms with van der Waals surface area (Å²) in [5.41, 5.74) is 0.844. The van der Waals surface area contributed by atoms with Crippen molar-refractivity contribution in [1.82, 2.24) is 15.2 Å². The number of nitrogens with one attached hydrogen (secondary N) is 2. The zero-order chi connectivity index (χ0) is 14.7. The molecule has 2 aromatic rings. The zero-order valence-electron chi connectivity index (χ0n) is 11.5. The minimum absolute atomic E-state index is 0.0834. The SMILES string of the molecule is O=C(N[C@H]1CCCCNC1=O)c1sccc1-n1cccc1. The minimum Gasteiger partial charge on any atom is -0.354 e. The van der Waals surface area contributed by atoms with Gasteiger partial charge in [0.25, 0.3) is 5.91 Å². The Labute approximate surface area is 127 Å². The molecule has 3 heterocycles. The van der Waals surface area contributed by atoms with E-state index in [0.29, 0.717) is 17.8 Å². The third-order valence-corrected chi connectivity index (χ3v) is 4.48. The van der Waals surface area contributed by atoms with Crippen molar-refractivity contribution in [3.8, 4) is 5.69 Å². The van der Waals surface area contributed by atoms with Gasteiger partial charge in [0.15, 0.2) is 0 Å². The average molecular weight is 303 g/mol. The van der Waals surface area contributed by atoms with Crippen LogP contribution in [0.15, 0.2) is 36.0 Å². The van der Waals surface area contributed by atoms with Gasteiger partial charge in [0, 0.05) is 18.9 Å². The number of rotatable bonds is 3. The van der Waals surface area contributed by atoms with Gasteiger partial charge in [-0.05, 0) is 42.8 Å². The molecule has 2 aromatic heterocycles. The summed E-state index contributed by atoms with van der Waals surface area (Å²) in [5.74, 6) is -0.268. The van der Waals surface area contributed by atoms with Gasteiger partial charge in [-0.25, -0.2) is 0 Å². The van der Waals surface area contributed by atoms with Crippen molar-refractivity contribution >= 4 is 23.2 Å². The Morgan fingerprint density at radius 1 is 1.33 bits per heavy atom. The zero-order valence-corrected chi connectivity index (χ0v) is 12.4. The van der Waals surface area contributed by atoms with Crippen molar-refractivity contribution in [2.45, 2.75) is 25.3 Å². The van der Waals surface area contributed by atoms with Crippen LogP contribution >= 0.6 is 11.3 Å². The highest BCUT2D eigenvalue weighted by Gasteiger charge is 2.24. The summed E-state index contributed by atoms with van der Waals surface area (Å²) in [4.78, 5) is 25.0. The monoisotopic (exact) mass is 303 g/mol. The van der Waals surface area contributed by atoms with Gasteiger partial charge in [-0.15, -0.1) is 11.3 Å². The number of hydrogen-bond acceptors (Lipinski definition) is 3. The van der Waals surface area contributed by atoms with E-state index in [2.05, 4.69) is 10.6 Å². The molecule has 0 aromatic carbocycles. The first-order valence-electron chi connectivity index (χ1n) is 7.05. The molecular weight excluding hydrogens is 286 g/mol. The van der Waals surface area contributed by atoms with E-state index in [9.17, 15) is 9.59 Å². The molecule has 21 heavy (non-hydrogen) atoms. The summed E-state index contributed by atoms with van der Waals surface area (Å²) in [6.07, 6.45) is 6.40. The molecule has 5 nitrogen and oxygen atoms in total. The summed E-state index contributed by atoms with van der Waals surface area (Å²) >= 11 is 1.39. The molecule has 0 unspecified atom stereocenters. The van der Waals surface area contributed by atoms with Crippen LogP contribution in [-0.2, 0) is 4.79 Å². The van der Waals surface area contributed by atoms with Crippen molar-refractivity contribution < 1.29 is 9.59 Å². The third kappa shape index (κ3) is 3.00. The highest BCUT2D eigenvalue weighted by molar-refractivity contribution is 7.12. The molecule has 0 saturated carbocycles. The van der Waals surface area contributed by atoms with E-state index < -0.39 is 6.04 Å². The van der Waals surface area contributed by atoms with Crippen molar-refractivity contribution in [3.63, 3.8) is 0 Å². The van der Waals surface area contributed by atoms with Crippen molar-refractivity contribution in [2.24, 2.45) is 0 Å². The Hall–Kier alpha value is -2.08. The Morgan fingerprint density at radius 2 is 2.14 bits per heavy atom. The van der Waals surface area contributed by atoms with Crippen LogP contribution < -0.4 is 10.6 Å². The van der Waals surface area contributed by atoms with E-state index >= 15 is 0 Å². The molecule has 0 aliphatic carbocycles. The maximum Gasteiger partial charge on any atom is 0.264 e. The first-order valence-corrected chi connectivity index (χ1v) is 7.93. The summed E-state index contributed by atoms with van der Waals surface area (Å²) in [6.45, 7) is 0.693. The number of hydrogen-bond donors (Lipinski definition) is 2. The number of carbonyl (C=O) groups excluding carboxylic acids is 2. The Balaban J connectivity index is 1.77. The topological polar surface area (TPSA) is 63.1 Å². The molecular formula is C15H17N3O2S. The lowest BCUT2D eigenvalue weighted by molar-refractivity contribution is -0.122. The molecule has 0 radical (unpaired) electrons. The van der Waals surface area contributed by atoms with Gasteiger partial charge in [-0.2, -0.15) is 0 Å². The Bertz CT molecular complexity index is 633. The molecule has 2 N–H and O–H groups in total. The van der Waals surface area contributed by atoms with Crippen LogP contribution in [0, 0.1) is 0 Å². The normalized spacial score (nSPS) is 18.9. The summed E-state index contributed by atoms with van der Waals surface area (Å²) in [7, 11) is 0. The van der Waals surface area contributed by atoms with E-state index in [4.69, 9.17) is 0 Å². The van der Waals surface area contributed by atoms with Crippen LogP contribution in [-0.4, -0.2) is 29.0 Å². The highest BCUT2D eigenvalue weighted by Crippen LogP contribution is 2.21. The number of thiophene rings is 1. The van der Waals surface area contributed by atoms with Crippen LogP contribution in [0.5, 0.6) is 0 Å². The minimum atomic E-state index is -0.431. The predicted molar refractivity (Wildman–Crippen MR) is 81.8 cm³/mol. The predicted octanol–water partition coefficient (Wildman–Crippen LogP) is 1.94. The quantitative estimate of drug-likeness (QED) is 0.910. The second kappa shape index (κ2) is 6.13. The molecule has 1 atom stereocenters. The number of nitrogens with zero attached hydrogens (tertiary/aromatic N) is 1. The molecule has 0 spiro atoms. The Kier molecular flexibility index (Phi) is 4.06. The second-order valence-electron chi connectivity index (χ2n) is 5.04. The lowest BCUT2D eigenvalue weighted by atomic mass is 10.1. The molecule has 1 saturated heterocycles. The maximum absolute atomic E-state index is 12.5. The van der Waals surface area contributed by atoms with E-state index in [1.807, 2.05) is 40.5 Å². The molecule has 0 bridgehead atoms. The molecule has 110 valence electrons. The summed E-state index contributed by atoms with van der Waals surface area (Å²) < 4.78 is 1.90. The molecule has 1 aliphatic rings. The van der Waals surface area contributed by atoms with Crippen LogP contribution in [0.1, 0.15) is 28.9 Å². The van der Waals surface area contributed by atoms with Gasteiger partial charge in [-0.1, -0.05) is 0 Å². The largest absolute Gasteiger partial charge is 0.354 e. The first-order chi connectivity index (χ1) is 10.3. The Morgan fingerprint density at radius 3 is 2.95 bits per heavy atom. The molecule has 6 heteroatoms. The van der Waals surface area contributed by atoms with E-state index in [0.717, 1.165) is 18.5 Å².